The maximum atomic E-state index is 12.8. The summed E-state index contributed by atoms with van der Waals surface area (Å²) >= 11 is 0. The van der Waals surface area contributed by atoms with Gasteiger partial charge in [0.2, 0.25) is 29.5 Å². The van der Waals surface area contributed by atoms with Crippen molar-refractivity contribution in [3.63, 3.8) is 0 Å². The zero-order valence-electron chi connectivity index (χ0n) is 20.7. The van der Waals surface area contributed by atoms with Crippen LogP contribution < -0.4 is 9.47 Å². The van der Waals surface area contributed by atoms with E-state index in [-0.39, 0.29) is 45.8 Å². The second kappa shape index (κ2) is 11.2. The number of benzene rings is 2. The SMILES string of the molecule is COc1ccc(CN2C(=O)CN(CC(=O)N3CC(=O)N(Cc4ccc(OC)cc4)C(=O)C3)CC2=O)cc1. The minimum absolute atomic E-state index is 0.100. The molecule has 194 valence electrons. The number of methoxy groups -OCH3 is 2. The molecule has 0 aromatic heterocycles. The number of nitrogens with zero attached hydrogens (tertiary/aromatic N) is 4. The number of imide groups is 2. The highest BCUT2D eigenvalue weighted by Gasteiger charge is 2.36. The summed E-state index contributed by atoms with van der Waals surface area (Å²) in [6.45, 7) is -0.752. The predicted molar refractivity (Wildman–Crippen MR) is 130 cm³/mol. The highest BCUT2D eigenvalue weighted by Crippen LogP contribution is 2.17. The van der Waals surface area contributed by atoms with E-state index in [0.29, 0.717) is 11.5 Å². The highest BCUT2D eigenvalue weighted by molar-refractivity contribution is 6.03. The van der Waals surface area contributed by atoms with Crippen molar-refractivity contribution in [2.75, 3.05) is 46.9 Å². The topological polar surface area (TPSA) is 117 Å². The number of rotatable bonds is 8. The summed E-state index contributed by atoms with van der Waals surface area (Å²) in [6.07, 6.45) is 0. The maximum absolute atomic E-state index is 12.8. The standard InChI is InChI=1S/C26H28N4O7/c1-36-20-7-3-18(4-8-20)11-29-23(32)14-27(15-24(29)33)13-22(31)28-16-25(34)30(26(35)17-28)12-19-5-9-21(37-2)10-6-19/h3-10H,11-17H2,1-2H3. The van der Waals surface area contributed by atoms with Gasteiger partial charge >= 0.3 is 0 Å². The fraction of sp³-hybridized carbons (Fsp3) is 0.346. The van der Waals surface area contributed by atoms with Crippen molar-refractivity contribution in [2.45, 2.75) is 13.1 Å². The average Bonchev–Trinajstić information content (AvgIpc) is 2.89. The largest absolute Gasteiger partial charge is 0.497 e. The molecular weight excluding hydrogens is 480 g/mol. The van der Waals surface area contributed by atoms with E-state index < -0.39 is 29.5 Å². The Morgan fingerprint density at radius 1 is 0.649 bits per heavy atom. The van der Waals surface area contributed by atoms with Crippen LogP contribution in [0.4, 0.5) is 0 Å². The fourth-order valence-electron chi connectivity index (χ4n) is 4.20. The molecule has 0 radical (unpaired) electrons. The van der Waals surface area contributed by atoms with Gasteiger partial charge in [0.15, 0.2) is 0 Å². The van der Waals surface area contributed by atoms with Gasteiger partial charge in [-0.3, -0.25) is 38.7 Å². The van der Waals surface area contributed by atoms with E-state index in [2.05, 4.69) is 0 Å². The Bertz CT molecular complexity index is 1160. The van der Waals surface area contributed by atoms with Crippen molar-refractivity contribution < 1.29 is 33.4 Å². The third-order valence-corrected chi connectivity index (χ3v) is 6.29. The van der Waals surface area contributed by atoms with Gasteiger partial charge in [0, 0.05) is 0 Å². The van der Waals surface area contributed by atoms with E-state index in [0.717, 1.165) is 25.8 Å². The molecule has 0 bridgehead atoms. The van der Waals surface area contributed by atoms with E-state index in [1.165, 1.54) is 4.90 Å². The lowest BCUT2D eigenvalue weighted by molar-refractivity contribution is -0.159. The van der Waals surface area contributed by atoms with Crippen molar-refractivity contribution in [1.82, 2.24) is 19.6 Å². The van der Waals surface area contributed by atoms with E-state index in [9.17, 15) is 24.0 Å². The minimum Gasteiger partial charge on any atom is -0.497 e. The molecule has 2 aromatic rings. The highest BCUT2D eigenvalue weighted by atomic mass is 16.5. The van der Waals surface area contributed by atoms with Crippen LogP contribution in [0.2, 0.25) is 0 Å². The quantitative estimate of drug-likeness (QED) is 0.467. The van der Waals surface area contributed by atoms with Gasteiger partial charge < -0.3 is 14.4 Å². The number of carbonyl (C=O) groups is 5. The third kappa shape index (κ3) is 6.12. The molecule has 11 nitrogen and oxygen atoms in total. The minimum atomic E-state index is -0.491. The lowest BCUT2D eigenvalue weighted by Crippen LogP contribution is -2.59. The number of hydrogen-bond acceptors (Lipinski definition) is 8. The molecule has 0 saturated carbocycles. The molecule has 37 heavy (non-hydrogen) atoms. The Hall–Kier alpha value is -4.25. The first-order valence-corrected chi connectivity index (χ1v) is 11.7. The summed E-state index contributed by atoms with van der Waals surface area (Å²) in [5.41, 5.74) is 1.53. The van der Waals surface area contributed by atoms with E-state index in [4.69, 9.17) is 9.47 Å². The smallest absolute Gasteiger partial charge is 0.249 e. The van der Waals surface area contributed by atoms with Crippen LogP contribution in [0.5, 0.6) is 11.5 Å². The number of ether oxygens (including phenoxy) is 2. The van der Waals surface area contributed by atoms with Gasteiger partial charge in [0.25, 0.3) is 0 Å². The number of carbonyl (C=O) groups excluding carboxylic acids is 5. The van der Waals surface area contributed by atoms with Crippen LogP contribution in [0.3, 0.4) is 0 Å². The summed E-state index contributed by atoms with van der Waals surface area (Å²) < 4.78 is 10.2. The molecule has 5 amide bonds. The third-order valence-electron chi connectivity index (χ3n) is 6.29. The number of piperazine rings is 2. The Kier molecular flexibility index (Phi) is 7.83. The van der Waals surface area contributed by atoms with Gasteiger partial charge in [-0.25, -0.2) is 0 Å². The molecule has 4 rings (SSSR count). The zero-order valence-corrected chi connectivity index (χ0v) is 20.7. The monoisotopic (exact) mass is 508 g/mol. The van der Waals surface area contributed by atoms with Crippen LogP contribution >= 0.6 is 0 Å². The molecule has 2 aliphatic rings. The Labute approximate surface area is 214 Å². The fourth-order valence-corrected chi connectivity index (χ4v) is 4.20. The normalized spacial score (nSPS) is 16.9. The molecular formula is C26H28N4O7. The summed E-state index contributed by atoms with van der Waals surface area (Å²) in [5, 5.41) is 0. The lowest BCUT2D eigenvalue weighted by Gasteiger charge is -2.36. The molecule has 2 heterocycles. The first-order valence-electron chi connectivity index (χ1n) is 11.7. The zero-order chi connectivity index (χ0) is 26.5. The average molecular weight is 509 g/mol. The Morgan fingerprint density at radius 3 is 1.41 bits per heavy atom. The Morgan fingerprint density at radius 2 is 1.03 bits per heavy atom. The lowest BCUT2D eigenvalue weighted by atomic mass is 10.1. The van der Waals surface area contributed by atoms with Gasteiger partial charge in [0.05, 0.1) is 46.9 Å². The van der Waals surface area contributed by atoms with Crippen molar-refractivity contribution in [3.8, 4) is 11.5 Å². The van der Waals surface area contributed by atoms with Gasteiger partial charge in [-0.15, -0.1) is 0 Å². The van der Waals surface area contributed by atoms with Crippen LogP contribution in [0.25, 0.3) is 0 Å². The van der Waals surface area contributed by atoms with Gasteiger partial charge in [-0.2, -0.15) is 0 Å². The van der Waals surface area contributed by atoms with Crippen LogP contribution in [-0.2, 0) is 37.1 Å². The van der Waals surface area contributed by atoms with Crippen LogP contribution in [0.15, 0.2) is 48.5 Å². The molecule has 2 saturated heterocycles. The molecule has 2 fully saturated rings. The van der Waals surface area contributed by atoms with Crippen molar-refractivity contribution >= 4 is 29.5 Å². The summed E-state index contributed by atoms with van der Waals surface area (Å²) in [4.78, 5) is 68.3. The van der Waals surface area contributed by atoms with Crippen LogP contribution in [-0.4, -0.2) is 96.1 Å². The summed E-state index contributed by atoms with van der Waals surface area (Å²) in [6, 6.07) is 14.1. The van der Waals surface area contributed by atoms with Crippen molar-refractivity contribution in [3.05, 3.63) is 59.7 Å². The summed E-state index contributed by atoms with van der Waals surface area (Å²) in [7, 11) is 3.10. The number of hydrogen-bond donors (Lipinski definition) is 0. The second-order valence-corrected chi connectivity index (χ2v) is 8.84. The predicted octanol–water partition coefficient (Wildman–Crippen LogP) is 0.272. The Balaban J connectivity index is 1.30. The van der Waals surface area contributed by atoms with E-state index >= 15 is 0 Å². The molecule has 0 N–H and O–H groups in total. The molecule has 0 spiro atoms. The molecule has 11 heteroatoms. The molecule has 0 unspecified atom stereocenters. The second-order valence-electron chi connectivity index (χ2n) is 8.84. The van der Waals surface area contributed by atoms with Gasteiger partial charge in [-0.05, 0) is 35.4 Å². The molecule has 2 aliphatic heterocycles. The first-order chi connectivity index (χ1) is 17.8. The molecule has 0 aliphatic carbocycles. The first kappa shape index (κ1) is 25.8. The van der Waals surface area contributed by atoms with E-state index in [1.54, 1.807) is 62.8 Å². The van der Waals surface area contributed by atoms with Gasteiger partial charge in [0.1, 0.15) is 24.6 Å². The molecule has 0 atom stereocenters. The van der Waals surface area contributed by atoms with Crippen molar-refractivity contribution in [1.29, 1.82) is 0 Å². The molecule has 2 aromatic carbocycles. The summed E-state index contributed by atoms with van der Waals surface area (Å²) in [5.74, 6) is -0.977. The number of amides is 5. The van der Waals surface area contributed by atoms with E-state index in [1.807, 2.05) is 0 Å². The van der Waals surface area contributed by atoms with Crippen molar-refractivity contribution in [2.24, 2.45) is 0 Å². The maximum Gasteiger partial charge on any atom is 0.249 e. The van der Waals surface area contributed by atoms with Crippen LogP contribution in [0, 0.1) is 0 Å². The van der Waals surface area contributed by atoms with Gasteiger partial charge in [-0.1, -0.05) is 24.3 Å². The van der Waals surface area contributed by atoms with Crippen LogP contribution in [0.1, 0.15) is 11.1 Å².